The van der Waals surface area contributed by atoms with Gasteiger partial charge in [-0.3, -0.25) is 15.1 Å². The van der Waals surface area contributed by atoms with E-state index in [4.69, 9.17) is 4.74 Å². The van der Waals surface area contributed by atoms with Gasteiger partial charge in [-0.05, 0) is 46.3 Å². The van der Waals surface area contributed by atoms with Gasteiger partial charge in [0.05, 0.1) is 4.92 Å². The molecule has 11 heteroatoms. The number of hydrogen-bond donors (Lipinski definition) is 1. The van der Waals surface area contributed by atoms with Crippen molar-refractivity contribution in [1.82, 2.24) is 19.9 Å². The number of halogens is 2. The Labute approximate surface area is 180 Å². The molecule has 0 fully saturated rings. The van der Waals surface area contributed by atoms with E-state index in [9.17, 15) is 10.1 Å². The molecule has 1 N–H and O–H groups in total. The third kappa shape index (κ3) is 4.00. The molecule has 4 aromatic rings. The maximum atomic E-state index is 11.7. The lowest BCUT2D eigenvalue weighted by Gasteiger charge is -2.10. The van der Waals surface area contributed by atoms with E-state index in [2.05, 4.69) is 57.1 Å². The van der Waals surface area contributed by atoms with Gasteiger partial charge in [0.1, 0.15) is 17.7 Å². The molecule has 9 nitrogen and oxygen atoms in total. The van der Waals surface area contributed by atoms with Crippen LogP contribution in [0.1, 0.15) is 0 Å². The summed E-state index contributed by atoms with van der Waals surface area (Å²) in [5, 5.41) is 15.4. The maximum Gasteiger partial charge on any atom is 0.373 e. The maximum absolute atomic E-state index is 11.7. The van der Waals surface area contributed by atoms with Crippen LogP contribution >= 0.6 is 31.9 Å². The smallest absolute Gasteiger partial charge is 0.373 e. The number of nitrogens with zero attached hydrogens (tertiary/aromatic N) is 5. The van der Waals surface area contributed by atoms with Gasteiger partial charge in [-0.15, -0.1) is 0 Å². The van der Waals surface area contributed by atoms with Gasteiger partial charge in [0, 0.05) is 26.7 Å². The zero-order valence-electron chi connectivity index (χ0n) is 14.4. The van der Waals surface area contributed by atoms with E-state index in [-0.39, 0.29) is 11.7 Å². The first kappa shape index (κ1) is 19.2. The molecule has 144 valence electrons. The summed E-state index contributed by atoms with van der Waals surface area (Å²) in [6, 6.07) is 10.5. The lowest BCUT2D eigenvalue weighted by Crippen LogP contribution is -2.04. The molecule has 0 unspecified atom stereocenters. The second kappa shape index (κ2) is 8.05. The molecule has 29 heavy (non-hydrogen) atoms. The zero-order valence-corrected chi connectivity index (χ0v) is 17.6. The van der Waals surface area contributed by atoms with Crippen molar-refractivity contribution in [2.24, 2.45) is 0 Å². The van der Waals surface area contributed by atoms with Crippen LogP contribution in [0.15, 0.2) is 64.1 Å². The Bertz CT molecular complexity index is 1220. The highest BCUT2D eigenvalue weighted by atomic mass is 79.9. The summed E-state index contributed by atoms with van der Waals surface area (Å²) in [5.41, 5.74) is 0.128. The Kier molecular flexibility index (Phi) is 5.32. The van der Waals surface area contributed by atoms with Gasteiger partial charge in [-0.25, -0.2) is 9.97 Å². The lowest BCUT2D eigenvalue weighted by atomic mass is 10.2. The second-order valence-electron chi connectivity index (χ2n) is 5.67. The van der Waals surface area contributed by atoms with Crippen molar-refractivity contribution in [2.75, 3.05) is 5.32 Å². The molecule has 0 aliphatic rings. The van der Waals surface area contributed by atoms with E-state index in [1.54, 1.807) is 42.7 Å². The SMILES string of the molecule is O=[N+]([O-])c1c(Nc2ccc(Br)cn2)ncnc1Oc1ccc(Br)c2cccnc12. The molecule has 0 atom stereocenters. The molecule has 1 aromatic carbocycles. The average Bonchev–Trinajstić information content (AvgIpc) is 2.72. The van der Waals surface area contributed by atoms with Crippen molar-refractivity contribution in [2.45, 2.75) is 0 Å². The summed E-state index contributed by atoms with van der Waals surface area (Å²) < 4.78 is 7.40. The fourth-order valence-corrected chi connectivity index (χ4v) is 3.25. The van der Waals surface area contributed by atoms with E-state index < -0.39 is 10.6 Å². The molecule has 0 bridgehead atoms. The van der Waals surface area contributed by atoms with E-state index in [0.29, 0.717) is 17.1 Å². The van der Waals surface area contributed by atoms with Crippen LogP contribution in [-0.2, 0) is 0 Å². The predicted molar refractivity (Wildman–Crippen MR) is 113 cm³/mol. The number of nitrogens with one attached hydrogen (secondary N) is 1. The van der Waals surface area contributed by atoms with Crippen molar-refractivity contribution < 1.29 is 9.66 Å². The van der Waals surface area contributed by atoms with E-state index in [1.165, 1.54) is 6.33 Å². The van der Waals surface area contributed by atoms with Crippen LogP contribution in [-0.4, -0.2) is 24.9 Å². The molecule has 0 radical (unpaired) electrons. The highest BCUT2D eigenvalue weighted by Crippen LogP contribution is 2.38. The van der Waals surface area contributed by atoms with Crippen LogP contribution in [0.5, 0.6) is 11.6 Å². The Morgan fingerprint density at radius 3 is 2.66 bits per heavy atom. The second-order valence-corrected chi connectivity index (χ2v) is 7.44. The first-order chi connectivity index (χ1) is 14.0. The molecule has 0 aliphatic heterocycles. The van der Waals surface area contributed by atoms with Gasteiger partial charge in [0.25, 0.3) is 0 Å². The Morgan fingerprint density at radius 2 is 1.90 bits per heavy atom. The number of nitro groups is 1. The molecule has 0 saturated carbocycles. The minimum absolute atomic E-state index is 0.0378. The lowest BCUT2D eigenvalue weighted by molar-refractivity contribution is -0.385. The monoisotopic (exact) mass is 516 g/mol. The molecular formula is C18H10Br2N6O3. The van der Waals surface area contributed by atoms with Crippen LogP contribution in [0, 0.1) is 10.1 Å². The zero-order chi connectivity index (χ0) is 20.4. The average molecular weight is 518 g/mol. The topological polar surface area (TPSA) is 116 Å². The van der Waals surface area contributed by atoms with E-state index >= 15 is 0 Å². The Morgan fingerprint density at radius 1 is 1.03 bits per heavy atom. The first-order valence-electron chi connectivity index (χ1n) is 8.12. The van der Waals surface area contributed by atoms with Crippen molar-refractivity contribution in [3.63, 3.8) is 0 Å². The van der Waals surface area contributed by atoms with Gasteiger partial charge >= 0.3 is 11.6 Å². The highest BCUT2D eigenvalue weighted by molar-refractivity contribution is 9.11. The molecule has 0 aliphatic carbocycles. The van der Waals surface area contributed by atoms with Crippen LogP contribution < -0.4 is 10.1 Å². The minimum atomic E-state index is -0.606. The van der Waals surface area contributed by atoms with Crippen LogP contribution in [0.4, 0.5) is 17.3 Å². The van der Waals surface area contributed by atoms with E-state index in [0.717, 1.165) is 14.3 Å². The van der Waals surface area contributed by atoms with Crippen molar-refractivity contribution >= 4 is 60.1 Å². The summed E-state index contributed by atoms with van der Waals surface area (Å²) in [6.07, 6.45) is 4.35. The molecular weight excluding hydrogens is 508 g/mol. The van der Waals surface area contributed by atoms with E-state index in [1.807, 2.05) is 6.07 Å². The van der Waals surface area contributed by atoms with Gasteiger partial charge in [-0.2, -0.15) is 4.98 Å². The van der Waals surface area contributed by atoms with Gasteiger partial charge < -0.3 is 10.1 Å². The number of pyridine rings is 2. The molecule has 0 saturated heterocycles. The summed E-state index contributed by atoms with van der Waals surface area (Å²) in [7, 11) is 0. The Balaban J connectivity index is 1.76. The standard InChI is InChI=1S/C18H10Br2N6O3/c19-10-3-6-14(22-8-10)25-17-16(26(27)28)18(24-9-23-17)29-13-5-4-12(20)11-2-1-7-21-15(11)13/h1-9H,(H,22,23,24,25). The molecule has 0 amide bonds. The third-order valence-corrected chi connectivity index (χ3v) is 4.99. The summed E-state index contributed by atoms with van der Waals surface area (Å²) in [6.45, 7) is 0. The summed E-state index contributed by atoms with van der Waals surface area (Å²) in [5.74, 6) is 0.470. The first-order valence-corrected chi connectivity index (χ1v) is 9.70. The minimum Gasteiger partial charge on any atom is -0.431 e. The molecule has 3 heterocycles. The van der Waals surface area contributed by atoms with Gasteiger partial charge in [0.2, 0.25) is 5.82 Å². The molecule has 3 aromatic heterocycles. The quantitative estimate of drug-likeness (QED) is 0.276. The normalized spacial score (nSPS) is 10.7. The number of benzene rings is 1. The molecule has 4 rings (SSSR count). The van der Waals surface area contributed by atoms with Crippen LogP contribution in [0.3, 0.4) is 0 Å². The number of rotatable bonds is 5. The number of fused-ring (bicyclic) bond motifs is 1. The van der Waals surface area contributed by atoms with Gasteiger partial charge in [0.15, 0.2) is 5.75 Å². The summed E-state index contributed by atoms with van der Waals surface area (Å²) >= 11 is 6.75. The number of ether oxygens (including phenoxy) is 1. The number of hydrogen-bond acceptors (Lipinski definition) is 8. The summed E-state index contributed by atoms with van der Waals surface area (Å²) in [4.78, 5) is 27.5. The third-order valence-electron chi connectivity index (χ3n) is 3.83. The predicted octanol–water partition coefficient (Wildman–Crippen LogP) is 5.39. The van der Waals surface area contributed by atoms with Crippen LogP contribution in [0.2, 0.25) is 0 Å². The van der Waals surface area contributed by atoms with Crippen molar-refractivity contribution in [1.29, 1.82) is 0 Å². The number of anilines is 2. The van der Waals surface area contributed by atoms with Crippen molar-refractivity contribution in [3.05, 3.63) is 74.2 Å². The largest absolute Gasteiger partial charge is 0.431 e. The molecule has 0 spiro atoms. The van der Waals surface area contributed by atoms with Gasteiger partial charge in [-0.1, -0.05) is 22.0 Å². The Hall–Kier alpha value is -3.18. The highest BCUT2D eigenvalue weighted by Gasteiger charge is 2.26. The fraction of sp³-hybridized carbons (Fsp3) is 0. The van der Waals surface area contributed by atoms with Crippen molar-refractivity contribution in [3.8, 4) is 11.6 Å². The van der Waals surface area contributed by atoms with Crippen LogP contribution in [0.25, 0.3) is 10.9 Å². The fourth-order valence-electron chi connectivity index (χ4n) is 2.56. The number of aromatic nitrogens is 4.